The van der Waals surface area contributed by atoms with E-state index in [-0.39, 0.29) is 22.8 Å². The molecule has 2 saturated heterocycles. The number of alkyl halides is 2. The predicted molar refractivity (Wildman–Crippen MR) is 144 cm³/mol. The standard InChI is InChI=1S/C29H19Cl2F5N2O6/c1-44-16-8-10(3-7-15(16)39)2-6-14-11-4-5-12-17(25(41)37-24(12)40)13(11)9-28(30)26(42)38(27(43)29(14,28)31)23-21(35)19(33)18(32)20(34)22(23)36/h2-4,6-8,12-14,17,39H,5,9H2,1H3,(H,37,40,41)/t12-,13+,14-,17-,28+,29-/m0/s1. The van der Waals surface area contributed by atoms with Crippen molar-refractivity contribution in [2.75, 3.05) is 12.0 Å². The van der Waals surface area contributed by atoms with Gasteiger partial charge in [0.2, 0.25) is 17.6 Å². The molecular weight excluding hydrogens is 638 g/mol. The third kappa shape index (κ3) is 3.81. The average Bonchev–Trinajstić information content (AvgIpc) is 3.37. The van der Waals surface area contributed by atoms with Crippen molar-refractivity contribution >= 4 is 58.6 Å². The van der Waals surface area contributed by atoms with Gasteiger partial charge in [-0.3, -0.25) is 24.5 Å². The summed E-state index contributed by atoms with van der Waals surface area (Å²) >= 11 is 13.9. The topological polar surface area (TPSA) is 113 Å². The number of nitrogens with one attached hydrogen (secondary N) is 1. The van der Waals surface area contributed by atoms with E-state index >= 15 is 0 Å². The van der Waals surface area contributed by atoms with E-state index in [0.717, 1.165) is 0 Å². The number of hydrogen-bond acceptors (Lipinski definition) is 6. The van der Waals surface area contributed by atoms with Gasteiger partial charge in [0, 0.05) is 5.92 Å². The molecule has 230 valence electrons. The summed E-state index contributed by atoms with van der Waals surface area (Å²) in [6.45, 7) is 0. The van der Waals surface area contributed by atoms with Crippen molar-refractivity contribution in [2.45, 2.75) is 22.6 Å². The molecule has 0 bridgehead atoms. The Morgan fingerprint density at radius 1 is 0.955 bits per heavy atom. The molecule has 2 N–H and O–H groups in total. The Hall–Kier alpha value is -3.97. The lowest BCUT2D eigenvalue weighted by molar-refractivity contribution is -0.127. The van der Waals surface area contributed by atoms with E-state index in [9.17, 15) is 46.2 Å². The highest BCUT2D eigenvalue weighted by Crippen LogP contribution is 2.63. The number of carbonyl (C=O) groups excluding carboxylic acids is 4. The molecule has 3 fully saturated rings. The van der Waals surface area contributed by atoms with Crippen LogP contribution in [0.4, 0.5) is 27.6 Å². The number of carbonyl (C=O) groups is 4. The lowest BCUT2D eigenvalue weighted by atomic mass is 9.57. The molecule has 0 unspecified atom stereocenters. The molecule has 15 heteroatoms. The molecule has 2 aromatic carbocycles. The maximum Gasteiger partial charge on any atom is 0.258 e. The number of phenols is 1. The van der Waals surface area contributed by atoms with Crippen LogP contribution < -0.4 is 15.0 Å². The van der Waals surface area contributed by atoms with E-state index < -0.39 is 98.2 Å². The first kappa shape index (κ1) is 30.1. The van der Waals surface area contributed by atoms with E-state index in [1.165, 1.54) is 37.5 Å². The van der Waals surface area contributed by atoms with Gasteiger partial charge in [-0.15, -0.1) is 23.2 Å². The van der Waals surface area contributed by atoms with Crippen LogP contribution in [0.25, 0.3) is 6.08 Å². The van der Waals surface area contributed by atoms with Crippen LogP contribution in [0.3, 0.4) is 0 Å². The second kappa shape index (κ2) is 10.0. The number of imide groups is 2. The van der Waals surface area contributed by atoms with Gasteiger partial charge in [-0.25, -0.2) is 26.9 Å². The van der Waals surface area contributed by atoms with Crippen molar-refractivity contribution in [3.8, 4) is 11.5 Å². The molecule has 6 rings (SSSR count). The number of amides is 4. The summed E-state index contributed by atoms with van der Waals surface area (Å²) in [6, 6.07) is 4.18. The molecule has 4 aliphatic rings. The largest absolute Gasteiger partial charge is 0.504 e. The first-order valence-corrected chi connectivity index (χ1v) is 13.8. The smallest absolute Gasteiger partial charge is 0.258 e. The van der Waals surface area contributed by atoms with Gasteiger partial charge in [0.1, 0.15) is 5.69 Å². The SMILES string of the molecule is COc1cc(C=C[C@H]2C3=CC[C@@H]4C(=O)NC(=O)[C@@H]4[C@@H]3C[C@@]3(Cl)C(=O)N(c4c(F)c(F)c(F)c(F)c4F)C(=O)[C@@]23Cl)ccc1O. The van der Waals surface area contributed by atoms with Gasteiger partial charge in [0.05, 0.1) is 18.9 Å². The zero-order chi connectivity index (χ0) is 32.0. The van der Waals surface area contributed by atoms with E-state index in [1.54, 1.807) is 6.08 Å². The van der Waals surface area contributed by atoms with E-state index in [1.807, 2.05) is 0 Å². The fraction of sp³-hybridized carbons (Fsp3) is 0.310. The number of methoxy groups -OCH3 is 1. The number of phenolic OH excluding ortho intramolecular Hbond substituents is 1. The minimum atomic E-state index is -2.60. The Morgan fingerprint density at radius 2 is 1.59 bits per heavy atom. The van der Waals surface area contributed by atoms with Crippen LogP contribution in [0.5, 0.6) is 11.5 Å². The molecule has 2 aliphatic heterocycles. The zero-order valence-electron chi connectivity index (χ0n) is 22.3. The third-order valence-electron chi connectivity index (χ3n) is 8.81. The van der Waals surface area contributed by atoms with Gasteiger partial charge in [-0.05, 0) is 36.5 Å². The van der Waals surface area contributed by atoms with Crippen LogP contribution >= 0.6 is 23.2 Å². The first-order chi connectivity index (χ1) is 20.7. The number of aromatic hydroxyl groups is 1. The summed E-state index contributed by atoms with van der Waals surface area (Å²) in [5.41, 5.74) is -1.15. The second-order valence-corrected chi connectivity index (χ2v) is 12.1. The number of nitrogens with zero attached hydrogens (tertiary/aromatic N) is 1. The van der Waals surface area contributed by atoms with E-state index in [4.69, 9.17) is 27.9 Å². The Morgan fingerprint density at radius 3 is 2.23 bits per heavy atom. The van der Waals surface area contributed by atoms with Gasteiger partial charge < -0.3 is 9.84 Å². The lowest BCUT2D eigenvalue weighted by Gasteiger charge is -2.49. The molecule has 0 radical (unpaired) electrons. The quantitative estimate of drug-likeness (QED) is 0.125. The Balaban J connectivity index is 1.55. The normalized spacial score (nSPS) is 31.2. The van der Waals surface area contributed by atoms with Crippen LogP contribution in [-0.2, 0) is 19.2 Å². The van der Waals surface area contributed by atoms with Crippen LogP contribution in [0, 0.1) is 52.8 Å². The Kier molecular flexibility index (Phi) is 6.85. The zero-order valence-corrected chi connectivity index (χ0v) is 23.8. The summed E-state index contributed by atoms with van der Waals surface area (Å²) in [5, 5.41) is 12.2. The predicted octanol–water partition coefficient (Wildman–Crippen LogP) is 4.49. The molecule has 1 saturated carbocycles. The molecule has 2 heterocycles. The first-order valence-electron chi connectivity index (χ1n) is 13.1. The average molecular weight is 657 g/mol. The summed E-state index contributed by atoms with van der Waals surface area (Å²) < 4.78 is 77.3. The number of hydrogen-bond donors (Lipinski definition) is 2. The molecule has 4 amide bonds. The van der Waals surface area contributed by atoms with Gasteiger partial charge in [-0.1, -0.05) is 29.9 Å². The fourth-order valence-corrected chi connectivity index (χ4v) is 7.62. The molecule has 8 nitrogen and oxygen atoms in total. The number of rotatable bonds is 4. The number of ether oxygens (including phenoxy) is 1. The van der Waals surface area contributed by atoms with Gasteiger partial charge in [0.15, 0.2) is 44.5 Å². The molecule has 0 spiro atoms. The van der Waals surface area contributed by atoms with Crippen LogP contribution in [0.15, 0.2) is 35.9 Å². The molecular formula is C29H19Cl2F5N2O6. The Bertz CT molecular complexity index is 1740. The Labute approximate surface area is 255 Å². The van der Waals surface area contributed by atoms with Crippen molar-refractivity contribution in [1.82, 2.24) is 5.32 Å². The minimum absolute atomic E-state index is 0.0389. The van der Waals surface area contributed by atoms with Crippen molar-refractivity contribution in [3.63, 3.8) is 0 Å². The third-order valence-corrected chi connectivity index (χ3v) is 10.2. The van der Waals surface area contributed by atoms with Crippen LogP contribution in [0.2, 0.25) is 0 Å². The number of fused-ring (bicyclic) bond motifs is 4. The number of benzene rings is 2. The molecule has 0 aromatic heterocycles. The summed E-state index contributed by atoms with van der Waals surface area (Å²) in [6.07, 6.45) is 3.78. The van der Waals surface area contributed by atoms with Crippen LogP contribution in [-0.4, -0.2) is 45.6 Å². The number of halogens is 7. The van der Waals surface area contributed by atoms with Crippen LogP contribution in [0.1, 0.15) is 18.4 Å². The van der Waals surface area contributed by atoms with Crippen molar-refractivity contribution < 1.29 is 51.0 Å². The van der Waals surface area contributed by atoms with E-state index in [0.29, 0.717) is 11.1 Å². The number of anilines is 1. The summed E-state index contributed by atoms with van der Waals surface area (Å²) in [4.78, 5) is 47.9. The molecule has 2 aliphatic carbocycles. The van der Waals surface area contributed by atoms with Crippen molar-refractivity contribution in [3.05, 3.63) is 70.6 Å². The lowest BCUT2D eigenvalue weighted by Crippen LogP contribution is -2.60. The monoisotopic (exact) mass is 656 g/mol. The minimum Gasteiger partial charge on any atom is -0.504 e. The van der Waals surface area contributed by atoms with Gasteiger partial charge in [-0.2, -0.15) is 0 Å². The van der Waals surface area contributed by atoms with Gasteiger partial charge in [0.25, 0.3) is 11.8 Å². The highest BCUT2D eigenvalue weighted by molar-refractivity contribution is 6.58. The maximum absolute atomic E-state index is 15.0. The highest BCUT2D eigenvalue weighted by atomic mass is 35.5. The van der Waals surface area contributed by atoms with E-state index in [2.05, 4.69) is 5.32 Å². The fourth-order valence-electron chi connectivity index (χ4n) is 6.73. The summed E-state index contributed by atoms with van der Waals surface area (Å²) in [7, 11) is 1.30. The highest BCUT2D eigenvalue weighted by Gasteiger charge is 2.76. The van der Waals surface area contributed by atoms with Gasteiger partial charge >= 0.3 is 0 Å². The summed E-state index contributed by atoms with van der Waals surface area (Å²) in [5.74, 6) is -21.0. The maximum atomic E-state index is 15.0. The molecule has 6 atom stereocenters. The number of allylic oxidation sites excluding steroid dienone is 3. The van der Waals surface area contributed by atoms with Crippen molar-refractivity contribution in [2.24, 2.45) is 23.7 Å². The molecule has 2 aromatic rings. The van der Waals surface area contributed by atoms with Crippen molar-refractivity contribution in [1.29, 1.82) is 0 Å². The second-order valence-electron chi connectivity index (χ2n) is 10.9. The molecule has 44 heavy (non-hydrogen) atoms.